The van der Waals surface area contributed by atoms with Crippen molar-refractivity contribution in [2.75, 3.05) is 13.1 Å². The van der Waals surface area contributed by atoms with Gasteiger partial charge in [-0.2, -0.15) is 0 Å². The molecular weight excluding hydrogens is 214 g/mol. The second-order valence-corrected chi connectivity index (χ2v) is 4.42. The number of benzene rings is 1. The van der Waals surface area contributed by atoms with Crippen molar-refractivity contribution in [1.82, 2.24) is 10.3 Å². The predicted molar refractivity (Wildman–Crippen MR) is 67.1 cm³/mol. The summed E-state index contributed by atoms with van der Waals surface area (Å²) in [4.78, 5) is 11.8. The molecule has 1 aliphatic rings. The number of rotatable bonds is 4. The molecule has 1 aromatic rings. The normalized spacial score (nSPS) is 20.4. The number of nitrogens with two attached hydrogens (primary N) is 1. The zero-order valence-electron chi connectivity index (χ0n) is 9.93. The van der Waals surface area contributed by atoms with Gasteiger partial charge >= 0.3 is 0 Å². The Labute approximate surface area is 102 Å². The molecule has 1 heterocycles. The molecule has 92 valence electrons. The molecule has 1 fully saturated rings. The van der Waals surface area contributed by atoms with Gasteiger partial charge in [0.05, 0.1) is 0 Å². The van der Waals surface area contributed by atoms with Crippen molar-refractivity contribution in [1.29, 1.82) is 0 Å². The summed E-state index contributed by atoms with van der Waals surface area (Å²) in [5.41, 5.74) is 1.24. The molecule has 0 radical (unpaired) electrons. The molecule has 1 aromatic carbocycles. The van der Waals surface area contributed by atoms with Crippen LogP contribution in [0.1, 0.15) is 18.4 Å². The summed E-state index contributed by atoms with van der Waals surface area (Å²) in [6.45, 7) is 1.49. The van der Waals surface area contributed by atoms with E-state index in [0.717, 1.165) is 25.8 Å². The predicted octanol–water partition coefficient (Wildman–Crippen LogP) is 0.683. The topological polar surface area (TPSA) is 58.4 Å². The Kier molecular flexibility index (Phi) is 4.12. The van der Waals surface area contributed by atoms with Gasteiger partial charge in [0.25, 0.3) is 0 Å². The van der Waals surface area contributed by atoms with Gasteiger partial charge in [-0.3, -0.25) is 10.6 Å². The number of hydrazine groups is 1. The molecule has 4 nitrogen and oxygen atoms in total. The number of hydrogen-bond donors (Lipinski definition) is 2. The summed E-state index contributed by atoms with van der Waals surface area (Å²) >= 11 is 0. The van der Waals surface area contributed by atoms with E-state index in [1.165, 1.54) is 5.56 Å². The van der Waals surface area contributed by atoms with Crippen molar-refractivity contribution in [3.05, 3.63) is 35.9 Å². The number of nitrogens with one attached hydrogen (secondary N) is 1. The minimum Gasteiger partial charge on any atom is -0.354 e. The Morgan fingerprint density at radius 3 is 2.82 bits per heavy atom. The molecule has 2 rings (SSSR count). The minimum atomic E-state index is -0.134. The van der Waals surface area contributed by atoms with Gasteiger partial charge in [0, 0.05) is 13.1 Å². The van der Waals surface area contributed by atoms with E-state index in [9.17, 15) is 4.79 Å². The first-order valence-electron chi connectivity index (χ1n) is 6.10. The lowest BCUT2D eigenvalue weighted by Gasteiger charge is -2.18. The Morgan fingerprint density at radius 1 is 1.41 bits per heavy atom. The van der Waals surface area contributed by atoms with E-state index in [0.29, 0.717) is 6.54 Å². The highest BCUT2D eigenvalue weighted by Crippen LogP contribution is 2.12. The molecule has 3 N–H and O–H groups in total. The summed E-state index contributed by atoms with van der Waals surface area (Å²) in [6, 6.07) is 10.0. The van der Waals surface area contributed by atoms with Crippen LogP contribution in [0.4, 0.5) is 0 Å². The quantitative estimate of drug-likeness (QED) is 0.752. The first-order chi connectivity index (χ1) is 8.27. The van der Waals surface area contributed by atoms with Crippen LogP contribution in [-0.2, 0) is 11.2 Å². The zero-order valence-corrected chi connectivity index (χ0v) is 9.93. The highest BCUT2D eigenvalue weighted by Gasteiger charge is 2.27. The summed E-state index contributed by atoms with van der Waals surface area (Å²) in [6.07, 6.45) is 2.74. The van der Waals surface area contributed by atoms with E-state index in [1.807, 2.05) is 18.2 Å². The maximum atomic E-state index is 11.8. The zero-order chi connectivity index (χ0) is 12.1. The molecule has 1 unspecified atom stereocenters. The van der Waals surface area contributed by atoms with E-state index in [-0.39, 0.29) is 11.9 Å². The fourth-order valence-corrected chi connectivity index (χ4v) is 2.16. The van der Waals surface area contributed by atoms with Crippen LogP contribution < -0.4 is 11.2 Å². The van der Waals surface area contributed by atoms with Crippen molar-refractivity contribution in [2.45, 2.75) is 25.3 Å². The van der Waals surface area contributed by atoms with E-state index >= 15 is 0 Å². The number of amides is 1. The maximum Gasteiger partial charge on any atom is 0.238 e. The molecule has 1 atom stereocenters. The summed E-state index contributed by atoms with van der Waals surface area (Å²) in [5.74, 6) is 5.79. The van der Waals surface area contributed by atoms with Crippen LogP contribution >= 0.6 is 0 Å². The Morgan fingerprint density at radius 2 is 2.18 bits per heavy atom. The fourth-order valence-electron chi connectivity index (χ4n) is 2.16. The van der Waals surface area contributed by atoms with Gasteiger partial charge in [0.1, 0.15) is 6.04 Å². The maximum absolute atomic E-state index is 11.8. The molecule has 1 saturated heterocycles. The number of carbonyl (C=O) groups is 1. The Hall–Kier alpha value is -1.39. The number of nitrogens with zero attached hydrogens (tertiary/aromatic N) is 1. The molecule has 1 amide bonds. The summed E-state index contributed by atoms with van der Waals surface area (Å²) in [7, 11) is 0. The third-order valence-corrected chi connectivity index (χ3v) is 3.15. The SMILES string of the molecule is NN1CCCC1C(=O)NCCc1ccccc1. The third kappa shape index (κ3) is 3.28. The van der Waals surface area contributed by atoms with E-state index in [1.54, 1.807) is 5.01 Å². The van der Waals surface area contributed by atoms with Gasteiger partial charge < -0.3 is 5.32 Å². The first kappa shape index (κ1) is 12.1. The standard InChI is InChI=1S/C13H19N3O/c14-16-10-4-7-12(16)13(17)15-9-8-11-5-2-1-3-6-11/h1-3,5-6,12H,4,7-10,14H2,(H,15,17). The third-order valence-electron chi connectivity index (χ3n) is 3.15. The van der Waals surface area contributed by atoms with Crippen LogP contribution in [0.2, 0.25) is 0 Å². The lowest BCUT2D eigenvalue weighted by Crippen LogP contribution is -2.46. The van der Waals surface area contributed by atoms with E-state index in [2.05, 4.69) is 17.4 Å². The minimum absolute atomic E-state index is 0.0564. The number of carbonyl (C=O) groups excluding carboxylic acids is 1. The van der Waals surface area contributed by atoms with Crippen LogP contribution in [0.25, 0.3) is 0 Å². The van der Waals surface area contributed by atoms with Crippen LogP contribution in [0.15, 0.2) is 30.3 Å². The summed E-state index contributed by atoms with van der Waals surface area (Å²) < 4.78 is 0. The molecule has 1 aliphatic heterocycles. The molecule has 0 bridgehead atoms. The summed E-state index contributed by atoms with van der Waals surface area (Å²) in [5, 5.41) is 4.58. The van der Waals surface area contributed by atoms with Gasteiger partial charge in [0.2, 0.25) is 5.91 Å². The van der Waals surface area contributed by atoms with Gasteiger partial charge in [-0.15, -0.1) is 0 Å². The molecule has 0 aromatic heterocycles. The van der Waals surface area contributed by atoms with Crippen molar-refractivity contribution in [3.8, 4) is 0 Å². The molecule has 0 saturated carbocycles. The molecular formula is C13H19N3O. The van der Waals surface area contributed by atoms with Crippen molar-refractivity contribution < 1.29 is 4.79 Å². The first-order valence-corrected chi connectivity index (χ1v) is 6.10. The highest BCUT2D eigenvalue weighted by molar-refractivity contribution is 5.81. The van der Waals surface area contributed by atoms with Crippen LogP contribution in [0.3, 0.4) is 0 Å². The van der Waals surface area contributed by atoms with Crippen LogP contribution in [0, 0.1) is 0 Å². The Balaban J connectivity index is 1.73. The second-order valence-electron chi connectivity index (χ2n) is 4.42. The highest BCUT2D eigenvalue weighted by atomic mass is 16.2. The van der Waals surface area contributed by atoms with Gasteiger partial charge in [-0.1, -0.05) is 30.3 Å². The second kappa shape index (κ2) is 5.80. The number of hydrogen-bond acceptors (Lipinski definition) is 3. The van der Waals surface area contributed by atoms with Crippen LogP contribution in [-0.4, -0.2) is 30.0 Å². The Bertz CT molecular complexity index is 366. The fraction of sp³-hybridized carbons (Fsp3) is 0.462. The van der Waals surface area contributed by atoms with Gasteiger partial charge in [-0.25, -0.2) is 5.01 Å². The lowest BCUT2D eigenvalue weighted by atomic mass is 10.1. The largest absolute Gasteiger partial charge is 0.354 e. The van der Waals surface area contributed by atoms with Crippen molar-refractivity contribution in [3.63, 3.8) is 0 Å². The van der Waals surface area contributed by atoms with Gasteiger partial charge in [0.15, 0.2) is 0 Å². The average molecular weight is 233 g/mol. The smallest absolute Gasteiger partial charge is 0.238 e. The van der Waals surface area contributed by atoms with Crippen molar-refractivity contribution >= 4 is 5.91 Å². The molecule has 0 aliphatic carbocycles. The van der Waals surface area contributed by atoms with Crippen LogP contribution in [0.5, 0.6) is 0 Å². The van der Waals surface area contributed by atoms with Gasteiger partial charge in [-0.05, 0) is 24.8 Å². The molecule has 4 heteroatoms. The molecule has 0 spiro atoms. The van der Waals surface area contributed by atoms with E-state index < -0.39 is 0 Å². The lowest BCUT2D eigenvalue weighted by molar-refractivity contribution is -0.125. The van der Waals surface area contributed by atoms with Crippen molar-refractivity contribution in [2.24, 2.45) is 5.84 Å². The van der Waals surface area contributed by atoms with E-state index in [4.69, 9.17) is 5.84 Å². The monoisotopic (exact) mass is 233 g/mol. The molecule has 17 heavy (non-hydrogen) atoms. The average Bonchev–Trinajstić information content (AvgIpc) is 2.77.